The summed E-state index contributed by atoms with van der Waals surface area (Å²) in [6.45, 7) is 4.56. The first-order valence-corrected chi connectivity index (χ1v) is 13.3. The highest BCUT2D eigenvalue weighted by Gasteiger charge is 2.16. The number of aliphatic carboxylic acids is 1. The minimum absolute atomic E-state index is 0. The van der Waals surface area contributed by atoms with E-state index in [0.29, 0.717) is 17.3 Å². The molecule has 0 aromatic carbocycles. The number of hydrogen-bond donors (Lipinski definition) is 1. The second-order valence-electron chi connectivity index (χ2n) is 7.82. The summed E-state index contributed by atoms with van der Waals surface area (Å²) in [5, 5.41) is 8.75. The third-order valence-corrected chi connectivity index (χ3v) is 7.74. The average Bonchev–Trinajstić information content (AvgIpc) is 2.63. The first-order chi connectivity index (χ1) is 12.7. The van der Waals surface area contributed by atoms with Crippen LogP contribution in [0.3, 0.4) is 0 Å². The molecule has 0 aromatic rings. The van der Waals surface area contributed by atoms with Gasteiger partial charge >= 0.3 is 5.97 Å². The van der Waals surface area contributed by atoms with Gasteiger partial charge in [0.15, 0.2) is 0 Å². The molecule has 0 amide bonds. The van der Waals surface area contributed by atoms with Crippen molar-refractivity contribution < 1.29 is 22.3 Å². The highest BCUT2D eigenvalue weighted by atomic mass is 35.5. The van der Waals surface area contributed by atoms with Gasteiger partial charge in [-0.2, -0.15) is 0 Å². The molecule has 0 aliphatic rings. The van der Waals surface area contributed by atoms with E-state index in [2.05, 4.69) is 13.8 Å². The van der Waals surface area contributed by atoms with Crippen LogP contribution in [0.4, 0.5) is 0 Å². The smallest absolute Gasteiger partial charge is 0.303 e. The highest BCUT2D eigenvalue weighted by Crippen LogP contribution is 2.14. The summed E-state index contributed by atoms with van der Waals surface area (Å²) in [5.41, 5.74) is 0. The van der Waals surface area contributed by atoms with Crippen LogP contribution in [0.2, 0.25) is 0 Å². The van der Waals surface area contributed by atoms with E-state index in [-0.39, 0.29) is 12.4 Å². The van der Waals surface area contributed by atoms with E-state index in [1.165, 1.54) is 107 Å². The fraction of sp³-hybridized carbons (Fsp3) is 0.957. The van der Waals surface area contributed by atoms with Crippen molar-refractivity contribution in [1.82, 2.24) is 0 Å². The summed E-state index contributed by atoms with van der Waals surface area (Å²) in [6, 6.07) is 0. The average molecular weight is 423 g/mol. The Morgan fingerprint density at radius 2 is 0.963 bits per heavy atom. The van der Waals surface area contributed by atoms with Crippen LogP contribution < -0.4 is 12.4 Å². The summed E-state index contributed by atoms with van der Waals surface area (Å²) in [5.74, 6) is 3.40. The molecule has 4 heteroatoms. The second kappa shape index (κ2) is 24.1. The Hall–Kier alpha value is 0.110. The molecule has 0 spiro atoms. The molecular formula is C23H47ClO2S. The predicted octanol–water partition coefficient (Wildman–Crippen LogP) is 4.36. The van der Waals surface area contributed by atoms with Crippen LogP contribution in [0.5, 0.6) is 0 Å². The van der Waals surface area contributed by atoms with Crippen molar-refractivity contribution in [2.45, 2.75) is 123 Å². The third-order valence-electron chi connectivity index (χ3n) is 5.15. The molecule has 1 atom stereocenters. The van der Waals surface area contributed by atoms with Gasteiger partial charge < -0.3 is 17.5 Å². The fourth-order valence-electron chi connectivity index (χ4n) is 3.38. The lowest BCUT2D eigenvalue weighted by molar-refractivity contribution is -0.137. The zero-order valence-corrected chi connectivity index (χ0v) is 19.9. The van der Waals surface area contributed by atoms with Crippen LogP contribution in [-0.4, -0.2) is 28.3 Å². The van der Waals surface area contributed by atoms with Crippen LogP contribution in [0.1, 0.15) is 123 Å². The molecule has 0 fully saturated rings. The summed E-state index contributed by atoms with van der Waals surface area (Å²) in [7, 11) is 0.553. The van der Waals surface area contributed by atoms with Crippen LogP contribution in [0.15, 0.2) is 0 Å². The summed E-state index contributed by atoms with van der Waals surface area (Å²) < 4.78 is 0. The van der Waals surface area contributed by atoms with Gasteiger partial charge in [0.2, 0.25) is 0 Å². The van der Waals surface area contributed by atoms with Gasteiger partial charge in [0.1, 0.15) is 17.3 Å². The number of halogens is 1. The molecule has 0 saturated heterocycles. The van der Waals surface area contributed by atoms with E-state index in [1.54, 1.807) is 0 Å². The van der Waals surface area contributed by atoms with Crippen molar-refractivity contribution in [2.75, 3.05) is 17.3 Å². The molecule has 0 aromatic heterocycles. The van der Waals surface area contributed by atoms with Crippen LogP contribution in [0, 0.1) is 0 Å². The van der Waals surface area contributed by atoms with Gasteiger partial charge in [-0.25, -0.2) is 0 Å². The molecule has 164 valence electrons. The normalized spacial score (nSPS) is 11.9. The first-order valence-electron chi connectivity index (χ1n) is 11.6. The van der Waals surface area contributed by atoms with E-state index in [9.17, 15) is 4.79 Å². The van der Waals surface area contributed by atoms with E-state index < -0.39 is 5.97 Å². The van der Waals surface area contributed by atoms with Crippen LogP contribution in [0.25, 0.3) is 0 Å². The minimum Gasteiger partial charge on any atom is -1.00 e. The van der Waals surface area contributed by atoms with Gasteiger partial charge in [-0.3, -0.25) is 4.79 Å². The number of carboxylic acids is 1. The minimum atomic E-state index is -0.639. The molecule has 1 N–H and O–H groups in total. The zero-order valence-electron chi connectivity index (χ0n) is 18.3. The van der Waals surface area contributed by atoms with Crippen molar-refractivity contribution in [2.24, 2.45) is 0 Å². The molecule has 0 bridgehead atoms. The fourth-order valence-corrected chi connectivity index (χ4v) is 5.92. The van der Waals surface area contributed by atoms with Gasteiger partial charge in [0.25, 0.3) is 0 Å². The molecule has 0 aliphatic carbocycles. The van der Waals surface area contributed by atoms with E-state index in [1.807, 2.05) is 0 Å². The van der Waals surface area contributed by atoms with Gasteiger partial charge in [0, 0.05) is 6.42 Å². The molecule has 0 saturated carbocycles. The molecule has 27 heavy (non-hydrogen) atoms. The summed E-state index contributed by atoms with van der Waals surface area (Å²) >= 11 is 0. The molecule has 0 aliphatic heterocycles. The summed E-state index contributed by atoms with van der Waals surface area (Å²) in [4.78, 5) is 10.6. The largest absolute Gasteiger partial charge is 1.00 e. The maximum absolute atomic E-state index is 10.6. The molecule has 0 heterocycles. The summed E-state index contributed by atoms with van der Waals surface area (Å²) in [6.07, 6.45) is 22.0. The quantitative estimate of drug-likeness (QED) is 0.220. The monoisotopic (exact) mass is 422 g/mol. The Labute approximate surface area is 179 Å². The third kappa shape index (κ3) is 24.1. The van der Waals surface area contributed by atoms with Crippen LogP contribution in [-0.2, 0) is 15.7 Å². The second-order valence-corrected chi connectivity index (χ2v) is 10.3. The highest BCUT2D eigenvalue weighted by molar-refractivity contribution is 7.96. The standard InChI is InChI=1S/C23H46O2S.ClH/c1-3-5-7-8-9-10-11-12-13-14-15-17-21-26(20-6-4-2)22-18-16-19-23(24)25;/h3-22H2,1-2H3;1H. The lowest BCUT2D eigenvalue weighted by Crippen LogP contribution is -3.00. The Balaban J connectivity index is 0. The van der Waals surface area contributed by atoms with E-state index in [4.69, 9.17) is 5.11 Å². The molecule has 0 radical (unpaired) electrons. The lowest BCUT2D eigenvalue weighted by Gasteiger charge is -2.09. The van der Waals surface area contributed by atoms with Crippen molar-refractivity contribution >= 4 is 16.9 Å². The van der Waals surface area contributed by atoms with Crippen molar-refractivity contribution in [3.05, 3.63) is 0 Å². The Morgan fingerprint density at radius 3 is 1.41 bits per heavy atom. The van der Waals surface area contributed by atoms with Gasteiger partial charge in [-0.1, -0.05) is 84.5 Å². The molecular weight excluding hydrogens is 376 g/mol. The number of hydrogen-bond acceptors (Lipinski definition) is 1. The number of rotatable bonds is 21. The van der Waals surface area contributed by atoms with Gasteiger partial charge in [-0.15, -0.1) is 0 Å². The maximum Gasteiger partial charge on any atom is 0.303 e. The van der Waals surface area contributed by atoms with Crippen molar-refractivity contribution in [3.63, 3.8) is 0 Å². The van der Waals surface area contributed by atoms with E-state index in [0.717, 1.165) is 12.8 Å². The van der Waals surface area contributed by atoms with Crippen molar-refractivity contribution in [3.8, 4) is 0 Å². The SMILES string of the molecule is CCCCCCCCCCCCCC[S+](CCCC)CCCCC(=O)O.[Cl-]. The molecule has 1 unspecified atom stereocenters. The number of carbonyl (C=O) groups is 1. The lowest BCUT2D eigenvalue weighted by atomic mass is 10.1. The zero-order chi connectivity index (χ0) is 19.3. The Kier molecular flexibility index (Phi) is 26.2. The first kappa shape index (κ1) is 29.3. The number of unbranched alkanes of at least 4 members (excludes halogenated alkanes) is 13. The maximum atomic E-state index is 10.6. The van der Waals surface area contributed by atoms with Crippen LogP contribution >= 0.6 is 0 Å². The Bertz CT molecular complexity index is 300. The predicted molar refractivity (Wildman–Crippen MR) is 119 cm³/mol. The van der Waals surface area contributed by atoms with Gasteiger partial charge in [-0.05, 0) is 43.0 Å². The topological polar surface area (TPSA) is 37.3 Å². The number of carboxylic acid groups (broad SMARTS) is 1. The Morgan fingerprint density at radius 1 is 0.593 bits per heavy atom. The van der Waals surface area contributed by atoms with Crippen molar-refractivity contribution in [1.29, 1.82) is 0 Å². The van der Waals surface area contributed by atoms with E-state index >= 15 is 0 Å². The molecule has 0 rings (SSSR count). The molecule has 2 nitrogen and oxygen atoms in total. The van der Waals surface area contributed by atoms with Gasteiger partial charge in [0.05, 0.1) is 0 Å².